The van der Waals surface area contributed by atoms with E-state index in [1.54, 1.807) is 18.2 Å². The average Bonchev–Trinajstić information content (AvgIpc) is 2.95. The first-order valence-corrected chi connectivity index (χ1v) is 13.7. The fourth-order valence-electron chi connectivity index (χ4n) is 3.95. The zero-order valence-electron chi connectivity index (χ0n) is 18.1. The number of likely N-dealkylation sites (tertiary alicyclic amines) is 1. The van der Waals surface area contributed by atoms with Gasteiger partial charge in [-0.3, -0.25) is 4.90 Å². The molecule has 0 saturated carbocycles. The van der Waals surface area contributed by atoms with Gasteiger partial charge in [0.1, 0.15) is 6.10 Å². The molecule has 8 heteroatoms. The summed E-state index contributed by atoms with van der Waals surface area (Å²) in [6.07, 6.45) is -0.620. The molecule has 0 aliphatic carbocycles. The van der Waals surface area contributed by atoms with Gasteiger partial charge in [-0.15, -0.1) is 0 Å². The van der Waals surface area contributed by atoms with Crippen molar-refractivity contribution < 1.29 is 19.4 Å². The van der Waals surface area contributed by atoms with E-state index >= 15 is 0 Å². The van der Waals surface area contributed by atoms with E-state index in [4.69, 9.17) is 27.6 Å². The predicted molar refractivity (Wildman–Crippen MR) is 120 cm³/mol. The van der Waals surface area contributed by atoms with Crippen LogP contribution in [0.25, 0.3) is 0 Å². The fourth-order valence-corrected chi connectivity index (χ4v) is 5.61. The molecule has 1 fully saturated rings. The summed E-state index contributed by atoms with van der Waals surface area (Å²) in [6, 6.07) is 4.96. The Morgan fingerprint density at radius 3 is 2.45 bits per heavy atom. The zero-order chi connectivity index (χ0) is 22.2. The van der Waals surface area contributed by atoms with Crippen LogP contribution in [0.4, 0.5) is 4.79 Å². The Bertz CT molecular complexity index is 753. The van der Waals surface area contributed by atoms with E-state index in [0.29, 0.717) is 28.5 Å². The van der Waals surface area contributed by atoms with Crippen molar-refractivity contribution in [2.45, 2.75) is 82.8 Å². The highest BCUT2D eigenvalue weighted by Gasteiger charge is 2.54. The van der Waals surface area contributed by atoms with Crippen LogP contribution < -0.4 is 0 Å². The van der Waals surface area contributed by atoms with Gasteiger partial charge in [0.25, 0.3) is 0 Å². The van der Waals surface area contributed by atoms with Crippen molar-refractivity contribution in [3.8, 4) is 0 Å². The number of carboxylic acid groups (broad SMARTS) is 1. The molecule has 0 spiro atoms. The van der Waals surface area contributed by atoms with Gasteiger partial charge < -0.3 is 14.6 Å². The summed E-state index contributed by atoms with van der Waals surface area (Å²) in [4.78, 5) is 13.6. The number of hydrogen-bond donors (Lipinski definition) is 2. The lowest BCUT2D eigenvalue weighted by atomic mass is 9.81. The highest BCUT2D eigenvalue weighted by atomic mass is 35.5. The van der Waals surface area contributed by atoms with Crippen molar-refractivity contribution >= 4 is 37.6 Å². The molecule has 0 radical (unpaired) electrons. The highest BCUT2D eigenvalue weighted by Crippen LogP contribution is 2.47. The van der Waals surface area contributed by atoms with Gasteiger partial charge in [-0.05, 0) is 42.2 Å². The van der Waals surface area contributed by atoms with Gasteiger partial charge in [0.15, 0.2) is 8.32 Å². The summed E-state index contributed by atoms with van der Waals surface area (Å²) >= 11 is 12.2. The minimum atomic E-state index is -2.09. The number of aliphatic hydroxyl groups excluding tert-OH is 1. The van der Waals surface area contributed by atoms with Gasteiger partial charge in [0.2, 0.25) is 0 Å². The first kappa shape index (κ1) is 24.5. The number of hydrogen-bond acceptors (Lipinski definition) is 3. The number of rotatable bonds is 6. The maximum atomic E-state index is 12.2. The quantitative estimate of drug-likeness (QED) is 0.484. The molecule has 2 unspecified atom stereocenters. The Morgan fingerprint density at radius 2 is 1.97 bits per heavy atom. The molecule has 3 atom stereocenters. The normalized spacial score (nSPS) is 24.0. The molecule has 1 aromatic carbocycles. The molecule has 1 aromatic rings. The van der Waals surface area contributed by atoms with Crippen molar-refractivity contribution in [2.24, 2.45) is 0 Å². The third-order valence-corrected chi connectivity index (χ3v) is 11.7. The largest absolute Gasteiger partial charge is 0.465 e. The lowest BCUT2D eigenvalue weighted by Crippen LogP contribution is -2.51. The van der Waals surface area contributed by atoms with Crippen LogP contribution >= 0.6 is 23.2 Å². The predicted octanol–water partition coefficient (Wildman–Crippen LogP) is 6.34. The van der Waals surface area contributed by atoms with Gasteiger partial charge in [0.05, 0.1) is 21.7 Å². The second-order valence-corrected chi connectivity index (χ2v) is 15.1. The third-order valence-electron chi connectivity index (χ3n) is 6.45. The number of aliphatic hydroxyl groups is 1. The molecular formula is C21H33Cl2NO4Si. The summed E-state index contributed by atoms with van der Waals surface area (Å²) in [7, 11) is -2.09. The molecule has 1 aliphatic rings. The summed E-state index contributed by atoms with van der Waals surface area (Å²) in [6.45, 7) is 13.0. The van der Waals surface area contributed by atoms with Gasteiger partial charge in [-0.1, -0.05) is 63.4 Å². The maximum Gasteiger partial charge on any atom is 0.407 e. The number of benzene rings is 1. The van der Waals surface area contributed by atoms with E-state index in [1.165, 1.54) is 4.90 Å². The molecule has 1 heterocycles. The lowest BCUT2D eigenvalue weighted by Gasteiger charge is -2.41. The summed E-state index contributed by atoms with van der Waals surface area (Å²) in [5.74, 6) is 0. The van der Waals surface area contributed by atoms with Crippen LogP contribution in [0.5, 0.6) is 0 Å². The van der Waals surface area contributed by atoms with Crippen molar-refractivity contribution in [3.05, 3.63) is 33.8 Å². The number of nitrogens with zero attached hydrogens (tertiary/aromatic N) is 1. The standard InChI is InChI=1S/C21H33Cl2NO4Si/c1-7-10-21(18(25)14-8-9-16(22)17(23)11-14)12-15(13-24(21)19(26)27)28-29(5,6)20(2,3)4/h8-9,11,15,18,25H,7,10,12-13H2,1-6H3,(H,26,27)/t15-,18?,21?/m1/s1. The SMILES string of the molecule is CCCC1(C(O)c2ccc(Cl)c(Cl)c2)C[C@@H](O[Si](C)(C)C(C)(C)C)CN1C(=O)O. The Balaban J connectivity index is 2.43. The minimum absolute atomic E-state index is 0.0133. The molecule has 2 rings (SSSR count). The smallest absolute Gasteiger partial charge is 0.407 e. The van der Waals surface area contributed by atoms with Gasteiger partial charge in [-0.2, -0.15) is 0 Å². The zero-order valence-corrected chi connectivity index (χ0v) is 20.6. The fraction of sp³-hybridized carbons (Fsp3) is 0.667. The topological polar surface area (TPSA) is 70.0 Å². The highest BCUT2D eigenvalue weighted by molar-refractivity contribution is 6.74. The minimum Gasteiger partial charge on any atom is -0.465 e. The Morgan fingerprint density at radius 1 is 1.34 bits per heavy atom. The second kappa shape index (κ2) is 8.75. The van der Waals surface area contributed by atoms with Crippen molar-refractivity contribution in [1.82, 2.24) is 4.90 Å². The van der Waals surface area contributed by atoms with E-state index in [2.05, 4.69) is 33.9 Å². The van der Waals surface area contributed by atoms with Crippen LogP contribution in [-0.2, 0) is 4.43 Å². The Hall–Kier alpha value is -0.793. The molecular weight excluding hydrogens is 429 g/mol. The molecule has 29 heavy (non-hydrogen) atoms. The number of amides is 1. The number of carbonyl (C=O) groups is 1. The van der Waals surface area contributed by atoms with Gasteiger partial charge in [-0.25, -0.2) is 4.79 Å². The summed E-state index contributed by atoms with van der Waals surface area (Å²) in [5, 5.41) is 22.1. The van der Waals surface area contributed by atoms with Crippen LogP contribution in [0.1, 0.15) is 58.6 Å². The van der Waals surface area contributed by atoms with E-state index in [0.717, 1.165) is 6.42 Å². The van der Waals surface area contributed by atoms with Gasteiger partial charge in [0, 0.05) is 13.0 Å². The molecule has 1 amide bonds. The maximum absolute atomic E-state index is 12.2. The molecule has 5 nitrogen and oxygen atoms in total. The lowest BCUT2D eigenvalue weighted by molar-refractivity contribution is -0.00896. The molecule has 164 valence electrons. The summed E-state index contributed by atoms with van der Waals surface area (Å²) in [5.41, 5.74) is -0.405. The van der Waals surface area contributed by atoms with Crippen LogP contribution in [-0.4, -0.2) is 47.7 Å². The van der Waals surface area contributed by atoms with Crippen LogP contribution in [0.3, 0.4) is 0 Å². The Labute approximate surface area is 185 Å². The van der Waals surface area contributed by atoms with Crippen LogP contribution in [0.2, 0.25) is 28.2 Å². The monoisotopic (exact) mass is 461 g/mol. The van der Waals surface area contributed by atoms with Crippen molar-refractivity contribution in [2.75, 3.05) is 6.54 Å². The third kappa shape index (κ3) is 4.93. The van der Waals surface area contributed by atoms with E-state index in [-0.39, 0.29) is 17.7 Å². The molecule has 1 aliphatic heterocycles. The van der Waals surface area contributed by atoms with Crippen LogP contribution in [0.15, 0.2) is 18.2 Å². The number of halogens is 2. The first-order chi connectivity index (χ1) is 13.2. The van der Waals surface area contributed by atoms with E-state index in [9.17, 15) is 15.0 Å². The van der Waals surface area contributed by atoms with Gasteiger partial charge >= 0.3 is 6.09 Å². The molecule has 2 N–H and O–H groups in total. The van der Waals surface area contributed by atoms with Crippen LogP contribution in [0, 0.1) is 0 Å². The van der Waals surface area contributed by atoms with Crippen molar-refractivity contribution in [1.29, 1.82) is 0 Å². The first-order valence-electron chi connectivity index (χ1n) is 10.1. The van der Waals surface area contributed by atoms with E-state index in [1.807, 2.05) is 6.92 Å². The molecule has 0 aromatic heterocycles. The summed E-state index contributed by atoms with van der Waals surface area (Å²) < 4.78 is 6.55. The van der Waals surface area contributed by atoms with E-state index < -0.39 is 26.1 Å². The van der Waals surface area contributed by atoms with Crippen molar-refractivity contribution in [3.63, 3.8) is 0 Å². The second-order valence-electron chi connectivity index (χ2n) is 9.53. The molecule has 1 saturated heterocycles. The Kier molecular flexibility index (Phi) is 7.39. The average molecular weight is 462 g/mol. The molecule has 0 bridgehead atoms.